The molecule has 0 fully saturated rings. The topological polar surface area (TPSA) is 138 Å². The van der Waals surface area contributed by atoms with Gasteiger partial charge in [0.15, 0.2) is 23.0 Å². The number of aromatic hydroxyl groups is 2. The normalized spacial score (nSPS) is 13.9. The Hall–Kier alpha value is -2.72. The molecule has 5 N–H and O–H groups in total. The first-order chi connectivity index (χ1) is 15.9. The van der Waals surface area contributed by atoms with Crippen LogP contribution in [-0.4, -0.2) is 72.5 Å². The minimum Gasteiger partial charge on any atom is -0.504 e. The maximum atomic E-state index is 10.8. The molecular weight excluding hydrogens is 432 g/mol. The van der Waals surface area contributed by atoms with Gasteiger partial charge in [0.2, 0.25) is 5.75 Å². The summed E-state index contributed by atoms with van der Waals surface area (Å²) in [4.78, 5) is 0. The second-order valence-electron chi connectivity index (χ2n) is 7.76. The van der Waals surface area contributed by atoms with Crippen LogP contribution in [0.25, 0.3) is 0 Å². The zero-order chi connectivity index (χ0) is 24.4. The highest BCUT2D eigenvalue weighted by atomic mass is 16.6. The van der Waals surface area contributed by atoms with E-state index in [0.29, 0.717) is 25.0 Å². The van der Waals surface area contributed by atoms with Crippen molar-refractivity contribution < 1.29 is 44.5 Å². The first-order valence-corrected chi connectivity index (χ1v) is 10.7. The minimum atomic E-state index is -0.910. The number of benzene rings is 2. The largest absolute Gasteiger partial charge is 0.504 e. The van der Waals surface area contributed by atoms with Crippen LogP contribution in [0, 0.1) is 5.92 Å². The molecule has 33 heavy (non-hydrogen) atoms. The van der Waals surface area contributed by atoms with Crippen LogP contribution in [0.4, 0.5) is 0 Å². The molecule has 0 heterocycles. The van der Waals surface area contributed by atoms with Crippen molar-refractivity contribution in [3.8, 4) is 28.7 Å². The molecule has 184 valence electrons. The third kappa shape index (κ3) is 7.40. The van der Waals surface area contributed by atoms with Crippen molar-refractivity contribution in [1.29, 1.82) is 0 Å². The van der Waals surface area contributed by atoms with E-state index in [2.05, 4.69) is 0 Å². The Morgan fingerprint density at radius 3 is 2.00 bits per heavy atom. The molecule has 0 saturated carbocycles. The number of phenolic OH excluding ortho intramolecular Hbond substituents is 2. The van der Waals surface area contributed by atoms with E-state index in [1.165, 1.54) is 21.3 Å². The molecule has 0 aliphatic carbocycles. The van der Waals surface area contributed by atoms with E-state index in [9.17, 15) is 25.5 Å². The number of phenols is 2. The smallest absolute Gasteiger partial charge is 0.200 e. The number of hydrogen-bond donors (Lipinski definition) is 5. The highest BCUT2D eigenvalue weighted by Gasteiger charge is 2.25. The van der Waals surface area contributed by atoms with Crippen molar-refractivity contribution in [2.24, 2.45) is 5.92 Å². The van der Waals surface area contributed by atoms with E-state index in [1.54, 1.807) is 30.3 Å². The molecule has 0 saturated heterocycles. The van der Waals surface area contributed by atoms with Crippen LogP contribution in [0.15, 0.2) is 30.3 Å². The van der Waals surface area contributed by atoms with Gasteiger partial charge in [-0.15, -0.1) is 0 Å². The average molecular weight is 467 g/mol. The summed E-state index contributed by atoms with van der Waals surface area (Å²) in [5.74, 6) is 0.262. The first kappa shape index (κ1) is 26.5. The fourth-order valence-electron chi connectivity index (χ4n) is 3.73. The summed E-state index contributed by atoms with van der Waals surface area (Å²) >= 11 is 0. The van der Waals surface area contributed by atoms with Crippen LogP contribution in [0.1, 0.15) is 24.0 Å². The number of aryl methyl sites for hydroxylation is 1. The molecule has 0 radical (unpaired) electrons. The lowest BCUT2D eigenvalue weighted by Gasteiger charge is -2.26. The summed E-state index contributed by atoms with van der Waals surface area (Å²) in [6.45, 7) is -0.764. The Labute approximate surface area is 193 Å². The Bertz CT molecular complexity index is 846. The van der Waals surface area contributed by atoms with Crippen molar-refractivity contribution in [2.45, 2.75) is 37.9 Å². The Balaban J connectivity index is 2.06. The molecule has 2 rings (SSSR count). The van der Waals surface area contributed by atoms with Crippen molar-refractivity contribution in [1.82, 2.24) is 0 Å². The third-order valence-corrected chi connectivity index (χ3v) is 5.63. The molecule has 0 aliphatic heterocycles. The van der Waals surface area contributed by atoms with Crippen molar-refractivity contribution in [3.63, 3.8) is 0 Å². The Kier molecular flexibility index (Phi) is 10.5. The zero-order valence-corrected chi connectivity index (χ0v) is 19.2. The standard InChI is InChI=1S/C24H34O9/c1-30-21-9-15(5-7-19(21)27)4-6-18(33-14-26)12-20(28)17(13-25)8-16-10-22(31-2)24(29)23(11-16)32-3/h5,7,9-11,17-18,20,25-29H,4,6,8,12-14H2,1-3H3. The van der Waals surface area contributed by atoms with Gasteiger partial charge in [0.25, 0.3) is 0 Å². The predicted molar refractivity (Wildman–Crippen MR) is 121 cm³/mol. The summed E-state index contributed by atoms with van der Waals surface area (Å²) < 4.78 is 20.9. The fourth-order valence-corrected chi connectivity index (χ4v) is 3.73. The van der Waals surface area contributed by atoms with Crippen molar-refractivity contribution in [2.75, 3.05) is 34.7 Å². The van der Waals surface area contributed by atoms with Crippen LogP contribution in [0.2, 0.25) is 0 Å². The molecule has 0 spiro atoms. The fraction of sp³-hybridized carbons (Fsp3) is 0.500. The van der Waals surface area contributed by atoms with Gasteiger partial charge in [-0.2, -0.15) is 0 Å². The molecule has 3 atom stereocenters. The molecule has 9 nitrogen and oxygen atoms in total. The summed E-state index contributed by atoms with van der Waals surface area (Å²) in [6.07, 6.45) is 0.225. The third-order valence-electron chi connectivity index (χ3n) is 5.63. The molecule has 3 unspecified atom stereocenters. The van der Waals surface area contributed by atoms with Crippen molar-refractivity contribution in [3.05, 3.63) is 41.5 Å². The number of methoxy groups -OCH3 is 3. The van der Waals surface area contributed by atoms with Gasteiger partial charge in [-0.1, -0.05) is 6.07 Å². The monoisotopic (exact) mass is 466 g/mol. The summed E-state index contributed by atoms with van der Waals surface area (Å²) in [5.41, 5.74) is 1.63. The molecule has 0 bridgehead atoms. The van der Waals surface area contributed by atoms with E-state index >= 15 is 0 Å². The summed E-state index contributed by atoms with van der Waals surface area (Å²) in [7, 11) is 4.33. The molecule has 0 amide bonds. The molecular formula is C24H34O9. The van der Waals surface area contributed by atoms with Crippen LogP contribution in [0.3, 0.4) is 0 Å². The lowest BCUT2D eigenvalue weighted by Crippen LogP contribution is -2.31. The second kappa shape index (κ2) is 13.1. The maximum absolute atomic E-state index is 10.8. The molecule has 0 aliphatic rings. The Morgan fingerprint density at radius 2 is 1.45 bits per heavy atom. The van der Waals surface area contributed by atoms with Crippen LogP contribution >= 0.6 is 0 Å². The van der Waals surface area contributed by atoms with E-state index in [1.807, 2.05) is 0 Å². The summed E-state index contributed by atoms with van der Waals surface area (Å²) in [5, 5.41) is 49.8. The van der Waals surface area contributed by atoms with Gasteiger partial charge in [-0.05, 0) is 61.1 Å². The quantitative estimate of drug-likeness (QED) is 0.265. The highest BCUT2D eigenvalue weighted by Crippen LogP contribution is 2.38. The maximum Gasteiger partial charge on any atom is 0.200 e. The van der Waals surface area contributed by atoms with E-state index in [4.69, 9.17) is 18.9 Å². The highest BCUT2D eigenvalue weighted by molar-refractivity contribution is 5.52. The lowest BCUT2D eigenvalue weighted by atomic mass is 9.90. The number of aliphatic hydroxyl groups excluding tert-OH is 3. The van der Waals surface area contributed by atoms with Gasteiger partial charge in [0.05, 0.1) is 33.5 Å². The number of aliphatic hydroxyl groups is 3. The van der Waals surface area contributed by atoms with Crippen LogP contribution in [0.5, 0.6) is 28.7 Å². The first-order valence-electron chi connectivity index (χ1n) is 10.7. The minimum absolute atomic E-state index is 0.0492. The number of rotatable bonds is 14. The van der Waals surface area contributed by atoms with Gasteiger partial charge in [-0.25, -0.2) is 0 Å². The SMILES string of the molecule is COc1cc(CCC(CC(O)C(CO)Cc2cc(OC)c(O)c(OC)c2)OCO)ccc1O. The van der Waals surface area contributed by atoms with Gasteiger partial charge in [-0.3, -0.25) is 0 Å². The molecule has 9 heteroatoms. The molecule has 0 aromatic heterocycles. The van der Waals surface area contributed by atoms with Crippen LogP contribution < -0.4 is 14.2 Å². The van der Waals surface area contributed by atoms with Gasteiger partial charge < -0.3 is 44.5 Å². The molecule has 2 aromatic rings. The van der Waals surface area contributed by atoms with Gasteiger partial charge in [0.1, 0.15) is 6.79 Å². The van der Waals surface area contributed by atoms with Gasteiger partial charge in [0, 0.05) is 12.5 Å². The second-order valence-corrected chi connectivity index (χ2v) is 7.76. The summed E-state index contributed by atoms with van der Waals surface area (Å²) in [6, 6.07) is 8.31. The van der Waals surface area contributed by atoms with E-state index < -0.39 is 24.9 Å². The molecule has 2 aromatic carbocycles. The van der Waals surface area contributed by atoms with E-state index in [0.717, 1.165) is 11.1 Å². The average Bonchev–Trinajstić information content (AvgIpc) is 2.82. The van der Waals surface area contributed by atoms with E-state index in [-0.39, 0.29) is 36.0 Å². The predicted octanol–water partition coefficient (Wildman–Crippen LogP) is 1.99. The zero-order valence-electron chi connectivity index (χ0n) is 19.2. The number of hydrogen-bond acceptors (Lipinski definition) is 9. The van der Waals surface area contributed by atoms with Crippen molar-refractivity contribution >= 4 is 0 Å². The lowest BCUT2D eigenvalue weighted by molar-refractivity contribution is -0.0765. The Morgan fingerprint density at radius 1 is 0.848 bits per heavy atom. The van der Waals surface area contributed by atoms with Gasteiger partial charge >= 0.3 is 0 Å². The number of ether oxygens (including phenoxy) is 4. The van der Waals surface area contributed by atoms with Crippen LogP contribution in [-0.2, 0) is 17.6 Å².